The second kappa shape index (κ2) is 10.0. The van der Waals surface area contributed by atoms with Crippen LogP contribution in [0.15, 0.2) is 36.2 Å². The van der Waals surface area contributed by atoms with Crippen LogP contribution in [0.1, 0.15) is 17.7 Å². The van der Waals surface area contributed by atoms with E-state index in [9.17, 15) is 15.2 Å². The lowest BCUT2D eigenvalue weighted by atomic mass is 10.00. The summed E-state index contributed by atoms with van der Waals surface area (Å²) in [5, 5.41) is 20.1. The quantitative estimate of drug-likeness (QED) is 0.427. The number of anilines is 1. The van der Waals surface area contributed by atoms with Crippen LogP contribution in [0.4, 0.5) is 5.82 Å². The molecule has 1 aliphatic heterocycles. The maximum absolute atomic E-state index is 13.3. The van der Waals surface area contributed by atoms with E-state index in [1.165, 1.54) is 6.33 Å². The molecular weight excluding hydrogens is 430 g/mol. The normalized spacial score (nSPS) is 15.0. The van der Waals surface area contributed by atoms with E-state index in [1.807, 2.05) is 42.8 Å². The average Bonchev–Trinajstić information content (AvgIpc) is 3.15. The number of piperazine rings is 1. The van der Waals surface area contributed by atoms with Crippen molar-refractivity contribution < 1.29 is 9.90 Å². The largest absolute Gasteiger partial charge is 0.396 e. The van der Waals surface area contributed by atoms with Gasteiger partial charge in [-0.25, -0.2) is 9.97 Å². The summed E-state index contributed by atoms with van der Waals surface area (Å²) < 4.78 is 1.91. The van der Waals surface area contributed by atoms with Crippen LogP contribution in [0.3, 0.4) is 0 Å². The highest BCUT2D eigenvalue weighted by atomic mass is 16.3. The Labute approximate surface area is 198 Å². The molecule has 0 atom stereocenters. The second-order valence-electron chi connectivity index (χ2n) is 8.58. The van der Waals surface area contributed by atoms with Crippen LogP contribution in [0.5, 0.6) is 0 Å². The Morgan fingerprint density at radius 3 is 2.56 bits per heavy atom. The van der Waals surface area contributed by atoms with Gasteiger partial charge in [-0.1, -0.05) is 29.8 Å². The molecule has 1 aliphatic rings. The number of carbonyl (C=O) groups excluding carboxylic acids is 1. The van der Waals surface area contributed by atoms with Crippen molar-refractivity contribution in [1.29, 1.82) is 5.26 Å². The molecule has 0 spiro atoms. The van der Waals surface area contributed by atoms with E-state index < -0.39 is 0 Å². The van der Waals surface area contributed by atoms with Crippen LogP contribution in [0.25, 0.3) is 28.2 Å². The zero-order valence-electron chi connectivity index (χ0n) is 19.5. The lowest BCUT2D eigenvalue weighted by Gasteiger charge is -2.32. The number of aromatic nitrogens is 3. The van der Waals surface area contributed by atoms with Crippen LogP contribution < -0.4 is 5.73 Å². The van der Waals surface area contributed by atoms with E-state index in [2.05, 4.69) is 20.9 Å². The Morgan fingerprint density at radius 1 is 1.21 bits per heavy atom. The van der Waals surface area contributed by atoms with Gasteiger partial charge in [0.05, 0.1) is 11.1 Å². The molecule has 1 fully saturated rings. The Balaban J connectivity index is 1.93. The molecule has 9 heteroatoms. The maximum Gasteiger partial charge on any atom is 0.264 e. The molecule has 2 aromatic heterocycles. The van der Waals surface area contributed by atoms with Gasteiger partial charge in [-0.05, 0) is 32.0 Å². The number of hydrogen-bond acceptors (Lipinski definition) is 7. The molecule has 9 nitrogen and oxygen atoms in total. The summed E-state index contributed by atoms with van der Waals surface area (Å²) >= 11 is 0. The number of hydrogen-bond donors (Lipinski definition) is 2. The molecule has 0 unspecified atom stereocenters. The van der Waals surface area contributed by atoms with Crippen molar-refractivity contribution in [3.05, 3.63) is 47.4 Å². The number of fused-ring (bicyclic) bond motifs is 1. The van der Waals surface area contributed by atoms with Crippen molar-refractivity contribution in [2.75, 3.05) is 45.6 Å². The minimum absolute atomic E-state index is 0.00537. The first-order valence-electron chi connectivity index (χ1n) is 11.3. The number of nitrogen functional groups attached to an aromatic ring is 1. The first-order chi connectivity index (χ1) is 16.4. The van der Waals surface area contributed by atoms with Gasteiger partial charge in [0, 0.05) is 44.9 Å². The fourth-order valence-corrected chi connectivity index (χ4v) is 4.29. The fraction of sp³-hybridized carbons (Fsp3) is 0.360. The van der Waals surface area contributed by atoms with E-state index in [0.717, 1.165) is 29.8 Å². The number of nitrogens with two attached hydrogens (primary N) is 1. The van der Waals surface area contributed by atoms with Crippen LogP contribution in [0.2, 0.25) is 0 Å². The van der Waals surface area contributed by atoms with E-state index in [0.29, 0.717) is 48.6 Å². The highest BCUT2D eigenvalue weighted by Gasteiger charge is 2.25. The molecule has 3 N–H and O–H groups in total. The van der Waals surface area contributed by atoms with Crippen molar-refractivity contribution in [3.63, 3.8) is 0 Å². The van der Waals surface area contributed by atoms with Gasteiger partial charge < -0.3 is 25.2 Å². The van der Waals surface area contributed by atoms with Gasteiger partial charge in [-0.2, -0.15) is 5.26 Å². The molecule has 0 bridgehead atoms. The number of nitriles is 1. The number of aliphatic hydroxyl groups is 1. The van der Waals surface area contributed by atoms with Gasteiger partial charge in [-0.3, -0.25) is 4.79 Å². The number of amides is 1. The Kier molecular flexibility index (Phi) is 6.91. The van der Waals surface area contributed by atoms with E-state index in [1.54, 1.807) is 11.0 Å². The molecule has 4 rings (SSSR count). The Hall–Kier alpha value is -3.74. The number of rotatable bonds is 6. The standard InChI is InChI=1S/C25H29N7O2/c1-17-4-6-18(7-5-17)21-20(14-19(15-26)25(34)31-11-9-30(2)10-12-31)32(8-3-13-33)24-22(21)23(27)28-16-29-24/h4-7,14,16,33H,3,8-13H2,1-2H3,(H2,27,28,29)/b19-14-. The number of nitrogens with zero attached hydrogens (tertiary/aromatic N) is 6. The van der Waals surface area contributed by atoms with Crippen molar-refractivity contribution in [3.8, 4) is 17.2 Å². The summed E-state index contributed by atoms with van der Waals surface area (Å²) in [6, 6.07) is 10.1. The molecule has 176 valence electrons. The van der Waals surface area contributed by atoms with Gasteiger partial charge in [-0.15, -0.1) is 0 Å². The lowest BCUT2D eigenvalue weighted by molar-refractivity contribution is -0.128. The van der Waals surface area contributed by atoms with Crippen LogP contribution in [-0.4, -0.2) is 75.2 Å². The summed E-state index contributed by atoms with van der Waals surface area (Å²) in [7, 11) is 2.02. The molecule has 3 heterocycles. The number of likely N-dealkylation sites (N-methyl/N-ethyl adjacent to an activating group) is 1. The topological polar surface area (TPSA) is 124 Å². The highest BCUT2D eigenvalue weighted by Crippen LogP contribution is 2.38. The zero-order valence-corrected chi connectivity index (χ0v) is 19.5. The summed E-state index contributed by atoms with van der Waals surface area (Å²) in [5.41, 5.74) is 10.4. The monoisotopic (exact) mass is 459 g/mol. The fourth-order valence-electron chi connectivity index (χ4n) is 4.29. The van der Waals surface area contributed by atoms with Gasteiger partial charge in [0.15, 0.2) is 0 Å². The molecule has 0 saturated carbocycles. The van der Waals surface area contributed by atoms with E-state index >= 15 is 0 Å². The van der Waals surface area contributed by atoms with Gasteiger partial charge >= 0.3 is 0 Å². The average molecular weight is 460 g/mol. The minimum atomic E-state index is -0.288. The van der Waals surface area contributed by atoms with E-state index in [4.69, 9.17) is 5.73 Å². The first-order valence-corrected chi connectivity index (χ1v) is 11.3. The third-order valence-corrected chi connectivity index (χ3v) is 6.21. The van der Waals surface area contributed by atoms with Crippen molar-refractivity contribution >= 4 is 28.8 Å². The summed E-state index contributed by atoms with van der Waals surface area (Å²) in [4.78, 5) is 25.8. The van der Waals surface area contributed by atoms with Crippen LogP contribution in [0, 0.1) is 18.3 Å². The van der Waals surface area contributed by atoms with Gasteiger partial charge in [0.2, 0.25) is 0 Å². The van der Waals surface area contributed by atoms with Crippen LogP contribution in [-0.2, 0) is 11.3 Å². The minimum Gasteiger partial charge on any atom is -0.396 e. The molecule has 3 aromatic rings. The smallest absolute Gasteiger partial charge is 0.264 e. The third-order valence-electron chi connectivity index (χ3n) is 6.21. The highest BCUT2D eigenvalue weighted by molar-refractivity contribution is 6.08. The predicted octanol–water partition coefficient (Wildman–Crippen LogP) is 2.05. The number of benzene rings is 1. The third kappa shape index (κ3) is 4.51. The molecule has 1 aromatic carbocycles. The molecule has 34 heavy (non-hydrogen) atoms. The Bertz CT molecular complexity index is 1260. The zero-order chi connectivity index (χ0) is 24.2. The molecule has 1 saturated heterocycles. The van der Waals surface area contributed by atoms with Crippen molar-refractivity contribution in [2.45, 2.75) is 19.9 Å². The maximum atomic E-state index is 13.3. The van der Waals surface area contributed by atoms with Gasteiger partial charge in [0.25, 0.3) is 5.91 Å². The Morgan fingerprint density at radius 2 is 1.91 bits per heavy atom. The SMILES string of the molecule is Cc1ccc(-c2c(/C=C(/C#N)C(=O)N3CCN(C)CC3)n(CCCO)c3ncnc(N)c23)cc1. The second-order valence-corrected chi connectivity index (χ2v) is 8.58. The predicted molar refractivity (Wildman–Crippen MR) is 131 cm³/mol. The molecule has 1 amide bonds. The summed E-state index contributed by atoms with van der Waals surface area (Å²) in [5.74, 6) is 0.0327. The number of aryl methyl sites for hydroxylation is 2. The summed E-state index contributed by atoms with van der Waals surface area (Å²) in [6.07, 6.45) is 3.52. The molecule has 0 aliphatic carbocycles. The molecule has 0 radical (unpaired) electrons. The van der Waals surface area contributed by atoms with Gasteiger partial charge in [0.1, 0.15) is 29.4 Å². The number of aliphatic hydroxyl groups excluding tert-OH is 1. The van der Waals surface area contributed by atoms with Crippen molar-refractivity contribution in [1.82, 2.24) is 24.3 Å². The summed E-state index contributed by atoms with van der Waals surface area (Å²) in [6.45, 7) is 5.13. The first kappa shape index (κ1) is 23.4. The number of carbonyl (C=O) groups is 1. The van der Waals surface area contributed by atoms with Crippen molar-refractivity contribution in [2.24, 2.45) is 0 Å². The van der Waals surface area contributed by atoms with Crippen LogP contribution >= 0.6 is 0 Å². The van der Waals surface area contributed by atoms with E-state index in [-0.39, 0.29) is 18.1 Å². The molecular formula is C25H29N7O2. The lowest BCUT2D eigenvalue weighted by Crippen LogP contribution is -2.47.